The number of nitriles is 1. The first-order chi connectivity index (χ1) is 15.3. The quantitative estimate of drug-likeness (QED) is 0.414. The SMILES string of the molecule is [C-]#[N+]C1=C(c2ccc(NC3C4C=C(OC(C)=O)C3CC4)cc2)C(C)(C)O/C1=C(\C#N)[N+]#[C-]. The molecule has 1 fully saturated rings. The molecule has 1 heterocycles. The molecule has 3 atom stereocenters. The zero-order chi connectivity index (χ0) is 23.0. The fourth-order valence-electron chi connectivity index (χ4n) is 4.91. The fourth-order valence-corrected chi connectivity index (χ4v) is 4.91. The largest absolute Gasteiger partial charge is 0.505 e. The van der Waals surface area contributed by atoms with Crippen molar-refractivity contribution in [3.63, 3.8) is 0 Å². The van der Waals surface area contributed by atoms with Crippen molar-refractivity contribution in [2.75, 3.05) is 5.32 Å². The highest BCUT2D eigenvalue weighted by atomic mass is 16.5. The molecule has 4 rings (SSSR count). The molecule has 1 N–H and O–H groups in total. The molecule has 1 aromatic rings. The van der Waals surface area contributed by atoms with E-state index in [1.807, 2.05) is 44.2 Å². The van der Waals surface area contributed by atoms with Crippen LogP contribution in [0.5, 0.6) is 0 Å². The number of esters is 1. The van der Waals surface area contributed by atoms with Crippen LogP contribution in [0.15, 0.2) is 53.3 Å². The van der Waals surface area contributed by atoms with Gasteiger partial charge in [0.2, 0.25) is 5.70 Å². The summed E-state index contributed by atoms with van der Waals surface area (Å²) in [5.41, 5.74) is 1.54. The molecule has 2 aliphatic carbocycles. The predicted molar refractivity (Wildman–Crippen MR) is 118 cm³/mol. The van der Waals surface area contributed by atoms with Crippen LogP contribution in [0.3, 0.4) is 0 Å². The maximum atomic E-state index is 11.4. The number of hydrogen-bond donors (Lipinski definition) is 1. The van der Waals surface area contributed by atoms with Gasteiger partial charge in [-0.25, -0.2) is 15.0 Å². The van der Waals surface area contributed by atoms with Crippen LogP contribution in [0, 0.1) is 36.3 Å². The van der Waals surface area contributed by atoms with Gasteiger partial charge in [0.05, 0.1) is 19.2 Å². The Hall–Kier alpha value is -4.02. The molecular weight excluding hydrogens is 404 g/mol. The Balaban J connectivity index is 1.60. The first-order valence-electron chi connectivity index (χ1n) is 10.4. The lowest BCUT2D eigenvalue weighted by atomic mass is 9.91. The number of benzene rings is 1. The monoisotopic (exact) mass is 426 g/mol. The Bertz CT molecular complexity index is 1180. The maximum absolute atomic E-state index is 11.4. The van der Waals surface area contributed by atoms with Gasteiger partial charge in [0, 0.05) is 36.1 Å². The van der Waals surface area contributed by atoms with Crippen molar-refractivity contribution in [2.24, 2.45) is 11.8 Å². The molecule has 7 nitrogen and oxygen atoms in total. The minimum absolute atomic E-state index is 0.0475. The van der Waals surface area contributed by atoms with Crippen molar-refractivity contribution in [1.82, 2.24) is 0 Å². The Labute approximate surface area is 187 Å². The van der Waals surface area contributed by atoms with E-state index in [-0.39, 0.29) is 35.1 Å². The van der Waals surface area contributed by atoms with Gasteiger partial charge in [-0.15, -0.1) is 0 Å². The summed E-state index contributed by atoms with van der Waals surface area (Å²) in [7, 11) is 0. The summed E-state index contributed by atoms with van der Waals surface area (Å²) in [6, 6.07) is 9.74. The van der Waals surface area contributed by atoms with Crippen molar-refractivity contribution in [2.45, 2.75) is 45.3 Å². The van der Waals surface area contributed by atoms with Crippen LogP contribution in [-0.2, 0) is 14.3 Å². The topological polar surface area (TPSA) is 80.1 Å². The molecule has 3 unspecified atom stereocenters. The van der Waals surface area contributed by atoms with E-state index in [0.717, 1.165) is 29.9 Å². The summed E-state index contributed by atoms with van der Waals surface area (Å²) in [5.74, 6) is 1.05. The summed E-state index contributed by atoms with van der Waals surface area (Å²) < 4.78 is 11.3. The number of carbonyl (C=O) groups excluding carboxylic acids is 1. The molecule has 1 aromatic carbocycles. The van der Waals surface area contributed by atoms with E-state index >= 15 is 0 Å². The van der Waals surface area contributed by atoms with Gasteiger partial charge < -0.3 is 14.8 Å². The normalized spacial score (nSPS) is 26.4. The lowest BCUT2D eigenvalue weighted by molar-refractivity contribution is -0.137. The van der Waals surface area contributed by atoms with Gasteiger partial charge in [0.25, 0.3) is 5.70 Å². The minimum atomic E-state index is -0.843. The molecule has 0 saturated heterocycles. The number of nitrogens with one attached hydrogen (secondary N) is 1. The highest BCUT2D eigenvalue weighted by Gasteiger charge is 2.44. The highest BCUT2D eigenvalue weighted by Crippen LogP contribution is 2.47. The standard InChI is InChI=1S/C25H22N4O3/c1-14(30)31-20-12-16-8-11-18(20)22(16)29-17-9-6-15(7-10-17)21-23(28-5)24(19(13-26)27-4)32-25(21,2)3/h6-7,9-10,12,16,18,22,29H,8,11H2,1-3H3/b24-19+. The number of fused-ring (bicyclic) bond motifs is 2. The number of carbonyl (C=O) groups is 1. The van der Waals surface area contributed by atoms with E-state index < -0.39 is 5.60 Å². The lowest BCUT2D eigenvalue weighted by Crippen LogP contribution is -2.26. The van der Waals surface area contributed by atoms with E-state index in [0.29, 0.717) is 11.5 Å². The maximum Gasteiger partial charge on any atom is 0.307 e. The summed E-state index contributed by atoms with van der Waals surface area (Å²) in [6.07, 6.45) is 4.11. The van der Waals surface area contributed by atoms with Crippen LogP contribution in [0.25, 0.3) is 15.3 Å². The third-order valence-corrected chi connectivity index (χ3v) is 6.17. The molecule has 1 saturated carbocycles. The molecule has 0 spiro atoms. The molecule has 3 aliphatic rings. The number of nitrogens with zero attached hydrogens (tertiary/aromatic N) is 3. The van der Waals surface area contributed by atoms with Gasteiger partial charge in [-0.3, -0.25) is 4.79 Å². The van der Waals surface area contributed by atoms with E-state index in [1.54, 1.807) is 0 Å². The van der Waals surface area contributed by atoms with Crippen molar-refractivity contribution in [3.8, 4) is 6.07 Å². The molecule has 1 aliphatic heterocycles. The van der Waals surface area contributed by atoms with E-state index in [4.69, 9.17) is 22.6 Å². The van der Waals surface area contributed by atoms with E-state index in [2.05, 4.69) is 21.1 Å². The second kappa shape index (κ2) is 7.91. The first-order valence-corrected chi connectivity index (χ1v) is 10.4. The first kappa shape index (κ1) is 21.2. The summed E-state index contributed by atoms with van der Waals surface area (Å²) in [4.78, 5) is 18.2. The van der Waals surface area contributed by atoms with Gasteiger partial charge in [-0.05, 0) is 50.5 Å². The Morgan fingerprint density at radius 1 is 1.28 bits per heavy atom. The third kappa shape index (κ3) is 3.51. The average Bonchev–Trinajstić information content (AvgIpc) is 3.37. The molecule has 160 valence electrons. The second-order valence-electron chi connectivity index (χ2n) is 8.61. The van der Waals surface area contributed by atoms with Gasteiger partial charge in [-0.2, -0.15) is 0 Å². The van der Waals surface area contributed by atoms with Crippen molar-refractivity contribution >= 4 is 17.2 Å². The van der Waals surface area contributed by atoms with Crippen LogP contribution in [0.2, 0.25) is 0 Å². The fraction of sp³-hybridized carbons (Fsp3) is 0.360. The van der Waals surface area contributed by atoms with Crippen LogP contribution >= 0.6 is 0 Å². The number of hydrogen-bond acceptors (Lipinski definition) is 5. The van der Waals surface area contributed by atoms with Gasteiger partial charge in [-0.1, -0.05) is 12.1 Å². The van der Waals surface area contributed by atoms with Crippen molar-refractivity contribution < 1.29 is 14.3 Å². The van der Waals surface area contributed by atoms with Crippen molar-refractivity contribution in [1.29, 1.82) is 5.26 Å². The minimum Gasteiger partial charge on any atom is -0.505 e. The Kier molecular flexibility index (Phi) is 5.25. The summed E-state index contributed by atoms with van der Waals surface area (Å²) in [6.45, 7) is 19.9. The Morgan fingerprint density at radius 3 is 2.59 bits per heavy atom. The van der Waals surface area contributed by atoms with Gasteiger partial charge in [0.15, 0.2) is 0 Å². The third-order valence-electron chi connectivity index (χ3n) is 6.17. The molecule has 32 heavy (non-hydrogen) atoms. The Morgan fingerprint density at radius 2 is 2.00 bits per heavy atom. The zero-order valence-electron chi connectivity index (χ0n) is 18.1. The summed E-state index contributed by atoms with van der Waals surface area (Å²) >= 11 is 0. The van der Waals surface area contributed by atoms with Crippen LogP contribution in [-0.4, -0.2) is 17.6 Å². The average molecular weight is 426 g/mol. The van der Waals surface area contributed by atoms with Crippen LogP contribution < -0.4 is 5.32 Å². The number of allylic oxidation sites excluding steroid dienone is 1. The van der Waals surface area contributed by atoms with Crippen LogP contribution in [0.1, 0.15) is 39.2 Å². The molecule has 0 aromatic heterocycles. The van der Waals surface area contributed by atoms with E-state index in [9.17, 15) is 10.1 Å². The van der Waals surface area contributed by atoms with E-state index in [1.165, 1.54) is 6.92 Å². The molecular formula is C25H22N4O3. The molecule has 7 heteroatoms. The summed E-state index contributed by atoms with van der Waals surface area (Å²) in [5, 5.41) is 12.8. The number of anilines is 1. The molecule has 0 radical (unpaired) electrons. The van der Waals surface area contributed by atoms with Crippen molar-refractivity contribution in [3.05, 3.63) is 81.7 Å². The highest BCUT2D eigenvalue weighted by molar-refractivity contribution is 5.82. The number of rotatable bonds is 4. The second-order valence-corrected chi connectivity index (χ2v) is 8.61. The smallest absolute Gasteiger partial charge is 0.307 e. The van der Waals surface area contributed by atoms with Crippen LogP contribution in [0.4, 0.5) is 5.69 Å². The van der Waals surface area contributed by atoms with Gasteiger partial charge >= 0.3 is 5.97 Å². The predicted octanol–water partition coefficient (Wildman–Crippen LogP) is 5.05. The molecule has 0 amide bonds. The lowest BCUT2D eigenvalue weighted by Gasteiger charge is -2.24. The number of ether oxygens (including phenoxy) is 2. The van der Waals surface area contributed by atoms with Gasteiger partial charge in [0.1, 0.15) is 17.1 Å². The molecule has 2 bridgehead atoms. The zero-order valence-corrected chi connectivity index (χ0v) is 18.1.